The first kappa shape index (κ1) is 6.27. The number of hydrogen-bond donors (Lipinski definition) is 0. The average Bonchev–Trinajstić information content (AvgIpc) is 1.90. The summed E-state index contributed by atoms with van der Waals surface area (Å²) in [5.74, 6) is 0. The van der Waals surface area contributed by atoms with Crippen LogP contribution < -0.4 is 4.57 Å². The zero-order valence-electron chi connectivity index (χ0n) is 5.83. The molecule has 0 bridgehead atoms. The Bertz CT molecular complexity index is 167. The fourth-order valence-electron chi connectivity index (χ4n) is 0.691. The molecule has 1 aromatic rings. The highest BCUT2D eigenvalue weighted by molar-refractivity contribution is 4.82. The fourth-order valence-corrected chi connectivity index (χ4v) is 0.691. The van der Waals surface area contributed by atoms with Gasteiger partial charge in [-0.3, -0.25) is 0 Å². The van der Waals surface area contributed by atoms with Crippen molar-refractivity contribution in [3.05, 3.63) is 30.6 Å². The lowest BCUT2D eigenvalue weighted by Gasteiger charge is -2.02. The van der Waals surface area contributed by atoms with E-state index < -0.39 is 0 Å². The van der Waals surface area contributed by atoms with Crippen molar-refractivity contribution in [1.29, 1.82) is 0 Å². The molecule has 1 nitrogen and oxygen atoms in total. The number of aromatic nitrogens is 1. The highest BCUT2D eigenvalue weighted by Crippen LogP contribution is 1.87. The van der Waals surface area contributed by atoms with Gasteiger partial charge in [-0.25, -0.2) is 0 Å². The van der Waals surface area contributed by atoms with Gasteiger partial charge in [0.1, 0.15) is 12.2 Å². The quantitative estimate of drug-likeness (QED) is 0.390. The van der Waals surface area contributed by atoms with E-state index in [0.29, 0.717) is 6.04 Å². The van der Waals surface area contributed by atoms with E-state index in [1.54, 1.807) is 0 Å². The normalized spacial score (nSPS) is 10.1. The van der Waals surface area contributed by atoms with Crippen molar-refractivity contribution < 1.29 is 4.57 Å². The van der Waals surface area contributed by atoms with E-state index in [0.717, 1.165) is 0 Å². The third-order valence-corrected chi connectivity index (χ3v) is 1.23. The Hall–Kier alpha value is -0.850. The summed E-state index contributed by atoms with van der Waals surface area (Å²) in [5, 5.41) is 0. The van der Waals surface area contributed by atoms with E-state index in [1.807, 2.05) is 29.0 Å². The number of rotatable bonds is 1. The minimum absolute atomic E-state index is 0.520. The van der Waals surface area contributed by atoms with Gasteiger partial charge in [0.15, 0.2) is 0 Å². The lowest BCUT2D eigenvalue weighted by atomic mass is 10.3. The van der Waals surface area contributed by atoms with Crippen LogP contribution in [-0.2, 0) is 0 Å². The van der Waals surface area contributed by atoms with Crippen molar-refractivity contribution in [2.24, 2.45) is 0 Å². The third kappa shape index (κ3) is 1.53. The zero-order chi connectivity index (χ0) is 6.69. The highest BCUT2D eigenvalue weighted by atomic mass is 15.0. The van der Waals surface area contributed by atoms with Crippen LogP contribution in [0.15, 0.2) is 24.4 Å². The van der Waals surface area contributed by atoms with Crippen LogP contribution in [0, 0.1) is 6.20 Å². The molecule has 0 saturated carbocycles. The van der Waals surface area contributed by atoms with Gasteiger partial charge in [-0.05, 0) is 13.8 Å². The van der Waals surface area contributed by atoms with Crippen LogP contribution >= 0.6 is 0 Å². The second-order valence-electron chi connectivity index (χ2n) is 2.33. The zero-order valence-corrected chi connectivity index (χ0v) is 5.83. The van der Waals surface area contributed by atoms with Crippen LogP contribution in [0.3, 0.4) is 0 Å². The second-order valence-corrected chi connectivity index (χ2v) is 2.33. The van der Waals surface area contributed by atoms with Crippen molar-refractivity contribution >= 4 is 0 Å². The lowest BCUT2D eigenvalue weighted by Crippen LogP contribution is -2.35. The second kappa shape index (κ2) is 2.62. The Morgan fingerprint density at radius 3 is 2.44 bits per heavy atom. The topological polar surface area (TPSA) is 3.88 Å². The number of hydrogen-bond acceptors (Lipinski definition) is 0. The third-order valence-electron chi connectivity index (χ3n) is 1.23. The van der Waals surface area contributed by atoms with E-state index >= 15 is 0 Å². The summed E-state index contributed by atoms with van der Waals surface area (Å²) in [5.41, 5.74) is 0. The summed E-state index contributed by atoms with van der Waals surface area (Å²) in [6.45, 7) is 4.27. The summed E-state index contributed by atoms with van der Waals surface area (Å²) >= 11 is 0. The number of nitrogens with zero attached hydrogens (tertiary/aromatic N) is 1. The van der Waals surface area contributed by atoms with E-state index in [-0.39, 0.29) is 0 Å². The smallest absolute Gasteiger partial charge is 0.129 e. The van der Waals surface area contributed by atoms with Gasteiger partial charge in [-0.1, -0.05) is 0 Å². The monoisotopic (exact) mass is 121 g/mol. The van der Waals surface area contributed by atoms with Crippen LogP contribution in [0.5, 0.6) is 0 Å². The van der Waals surface area contributed by atoms with Crippen LogP contribution in [0.1, 0.15) is 19.9 Å². The molecular weight excluding hydrogens is 110 g/mol. The lowest BCUT2D eigenvalue weighted by molar-refractivity contribution is -0.720. The minimum Gasteiger partial charge on any atom is -0.309 e. The average molecular weight is 121 g/mol. The molecule has 1 heterocycles. The molecule has 0 atom stereocenters. The first-order valence-corrected chi connectivity index (χ1v) is 3.18. The summed E-state index contributed by atoms with van der Waals surface area (Å²) in [4.78, 5) is 0. The Labute approximate surface area is 56.0 Å². The predicted octanol–water partition coefficient (Wildman–Crippen LogP) is 1.36. The molecule has 1 rings (SSSR count). The molecule has 0 unspecified atom stereocenters. The maximum atomic E-state index is 3.08. The molecule has 9 heavy (non-hydrogen) atoms. The van der Waals surface area contributed by atoms with Gasteiger partial charge in [0.2, 0.25) is 0 Å². The molecular formula is C8H11N. The maximum absolute atomic E-state index is 3.08. The SMILES string of the molecule is CC(C)[n+]1[c-]cccc1. The molecule has 0 aromatic carbocycles. The van der Waals surface area contributed by atoms with Gasteiger partial charge in [0, 0.05) is 0 Å². The van der Waals surface area contributed by atoms with Gasteiger partial charge in [0.05, 0.1) is 6.20 Å². The van der Waals surface area contributed by atoms with Gasteiger partial charge in [-0.2, -0.15) is 6.07 Å². The Balaban J connectivity index is 2.85. The van der Waals surface area contributed by atoms with E-state index in [2.05, 4.69) is 20.0 Å². The molecule has 0 fully saturated rings. The fraction of sp³-hybridized carbons (Fsp3) is 0.375. The first-order valence-electron chi connectivity index (χ1n) is 3.18. The molecule has 0 aliphatic heterocycles. The molecule has 1 heteroatoms. The molecule has 0 aliphatic rings. The van der Waals surface area contributed by atoms with Gasteiger partial charge in [0.25, 0.3) is 0 Å². The molecule has 0 saturated heterocycles. The largest absolute Gasteiger partial charge is 0.309 e. The minimum atomic E-state index is 0.520. The molecule has 0 aliphatic carbocycles. The van der Waals surface area contributed by atoms with Crippen LogP contribution in [-0.4, -0.2) is 0 Å². The van der Waals surface area contributed by atoms with Crippen LogP contribution in [0.25, 0.3) is 0 Å². The summed E-state index contributed by atoms with van der Waals surface area (Å²) in [7, 11) is 0. The number of pyridine rings is 1. The Kier molecular flexibility index (Phi) is 1.83. The van der Waals surface area contributed by atoms with Gasteiger partial charge in [-0.15, -0.1) is 12.1 Å². The Morgan fingerprint density at radius 1 is 1.33 bits per heavy atom. The predicted molar refractivity (Wildman–Crippen MR) is 35.9 cm³/mol. The first-order chi connectivity index (χ1) is 4.30. The van der Waals surface area contributed by atoms with Crippen molar-refractivity contribution in [2.45, 2.75) is 19.9 Å². The summed E-state index contributed by atoms with van der Waals surface area (Å²) in [6, 6.07) is 6.42. The van der Waals surface area contributed by atoms with E-state index in [4.69, 9.17) is 0 Å². The van der Waals surface area contributed by atoms with Crippen molar-refractivity contribution in [3.8, 4) is 0 Å². The summed E-state index contributed by atoms with van der Waals surface area (Å²) in [6.07, 6.45) is 5.10. The van der Waals surface area contributed by atoms with Crippen LogP contribution in [0.4, 0.5) is 0 Å². The standard InChI is InChI=1S/C8H11N/c1-8(2)9-6-4-3-5-7-9/h3-6,8H,1-2H3. The highest BCUT2D eigenvalue weighted by Gasteiger charge is 1.94. The van der Waals surface area contributed by atoms with Gasteiger partial charge < -0.3 is 4.57 Å². The Morgan fingerprint density at radius 2 is 2.11 bits per heavy atom. The van der Waals surface area contributed by atoms with Crippen molar-refractivity contribution in [3.63, 3.8) is 0 Å². The van der Waals surface area contributed by atoms with E-state index in [1.165, 1.54) is 0 Å². The van der Waals surface area contributed by atoms with Crippen molar-refractivity contribution in [1.82, 2.24) is 0 Å². The van der Waals surface area contributed by atoms with Crippen molar-refractivity contribution in [2.75, 3.05) is 0 Å². The molecule has 1 aromatic heterocycles. The van der Waals surface area contributed by atoms with Gasteiger partial charge >= 0.3 is 0 Å². The molecule has 48 valence electrons. The van der Waals surface area contributed by atoms with Crippen LogP contribution in [0.2, 0.25) is 0 Å². The molecule has 0 amide bonds. The molecule has 0 radical (unpaired) electrons. The maximum Gasteiger partial charge on any atom is 0.129 e. The summed E-state index contributed by atoms with van der Waals surface area (Å²) < 4.78 is 2.04. The molecule has 0 spiro atoms. The van der Waals surface area contributed by atoms with E-state index in [9.17, 15) is 0 Å². The molecule has 0 N–H and O–H groups in total.